The van der Waals surface area contributed by atoms with Crippen LogP contribution in [0.2, 0.25) is 0 Å². The normalized spacial score (nSPS) is 10.1. The molecular weight excluding hydrogens is 148 g/mol. The largest absolute Gasteiger partial charge is 0.517 e. The van der Waals surface area contributed by atoms with Crippen molar-refractivity contribution >= 4 is 0 Å². The average Bonchev–Trinajstić information content (AvgIpc) is 1.97. The van der Waals surface area contributed by atoms with Crippen LogP contribution in [0.4, 0.5) is 0 Å². The molecule has 0 atom stereocenters. The summed E-state index contributed by atoms with van der Waals surface area (Å²) in [6.07, 6.45) is 0. The van der Waals surface area contributed by atoms with E-state index in [0.29, 0.717) is 5.89 Å². The molecule has 0 unspecified atom stereocenters. The van der Waals surface area contributed by atoms with E-state index >= 15 is 0 Å². The molecule has 0 bridgehead atoms. The van der Waals surface area contributed by atoms with Crippen molar-refractivity contribution in [1.82, 2.24) is 4.57 Å². The minimum atomic E-state index is -0.634. The Labute approximate surface area is 62.5 Å². The van der Waals surface area contributed by atoms with Crippen molar-refractivity contribution in [3.8, 4) is 0 Å². The van der Waals surface area contributed by atoms with Crippen LogP contribution in [0.15, 0.2) is 14.0 Å². The molecule has 1 aromatic rings. The molecule has 0 amide bonds. The maximum Gasteiger partial charge on any atom is 0.517 e. The minimum absolute atomic E-state index is 0.304. The quantitative estimate of drug-likeness (QED) is 0.429. The molecule has 1 heterocycles. The highest BCUT2D eigenvalue weighted by Gasteiger charge is 2.12. The Morgan fingerprint density at radius 1 is 1.45 bits per heavy atom. The van der Waals surface area contributed by atoms with Crippen LogP contribution in [-0.4, -0.2) is 4.57 Å². The monoisotopic (exact) mass is 157 g/mol. The van der Waals surface area contributed by atoms with E-state index < -0.39 is 5.76 Å². The highest BCUT2D eigenvalue weighted by molar-refractivity contribution is 4.59. The van der Waals surface area contributed by atoms with Crippen molar-refractivity contribution in [2.75, 3.05) is 0 Å². The zero-order valence-corrected chi connectivity index (χ0v) is 6.62. The van der Waals surface area contributed by atoms with Gasteiger partial charge >= 0.3 is 11.4 Å². The molecule has 0 spiro atoms. The first-order chi connectivity index (χ1) is 5.04. The van der Waals surface area contributed by atoms with Gasteiger partial charge in [-0.2, -0.15) is 14.2 Å². The van der Waals surface area contributed by atoms with E-state index in [4.69, 9.17) is 0 Å². The molecule has 0 aliphatic heterocycles. The topological polar surface area (TPSA) is 56.1 Å². The van der Waals surface area contributed by atoms with Crippen LogP contribution in [-0.2, 0) is 14.1 Å². The summed E-state index contributed by atoms with van der Waals surface area (Å²) in [4.78, 5) is 21.9. The lowest BCUT2D eigenvalue weighted by Gasteiger charge is -1.92. The number of nitrogens with zero attached hydrogens (tertiary/aromatic N) is 2. The summed E-state index contributed by atoms with van der Waals surface area (Å²) in [7, 11) is 2.91. The third-order valence-electron chi connectivity index (χ3n) is 1.56. The lowest BCUT2D eigenvalue weighted by Crippen LogP contribution is -2.56. The fourth-order valence-electron chi connectivity index (χ4n) is 0.701. The van der Waals surface area contributed by atoms with Crippen LogP contribution in [0, 0.1) is 6.92 Å². The smallest absolute Gasteiger partial charge is 0.358 e. The SMILES string of the molecule is Cc1oc(=O)n(C)c(=O)[n+]1C. The molecule has 0 N–H and O–H groups in total. The van der Waals surface area contributed by atoms with Gasteiger partial charge in [0.15, 0.2) is 0 Å². The van der Waals surface area contributed by atoms with Gasteiger partial charge < -0.3 is 4.42 Å². The Kier molecular flexibility index (Phi) is 1.64. The fourth-order valence-corrected chi connectivity index (χ4v) is 0.701. The van der Waals surface area contributed by atoms with Gasteiger partial charge in [0.1, 0.15) is 0 Å². The van der Waals surface area contributed by atoms with E-state index in [1.807, 2.05) is 0 Å². The lowest BCUT2D eigenvalue weighted by molar-refractivity contribution is -0.709. The van der Waals surface area contributed by atoms with Gasteiger partial charge in [0, 0.05) is 6.92 Å². The number of aryl methyl sites for hydroxylation is 1. The molecule has 5 nitrogen and oxygen atoms in total. The molecule has 11 heavy (non-hydrogen) atoms. The van der Waals surface area contributed by atoms with Gasteiger partial charge in [-0.15, -0.1) is 4.57 Å². The van der Waals surface area contributed by atoms with Crippen LogP contribution in [0.1, 0.15) is 5.89 Å². The molecule has 0 aromatic carbocycles. The molecule has 0 aliphatic rings. The van der Waals surface area contributed by atoms with Crippen LogP contribution >= 0.6 is 0 Å². The summed E-state index contributed by atoms with van der Waals surface area (Å²) in [5, 5.41) is 0. The Balaban J connectivity index is 3.74. The zero-order chi connectivity index (χ0) is 8.59. The van der Waals surface area contributed by atoms with Crippen LogP contribution < -0.4 is 16.0 Å². The van der Waals surface area contributed by atoms with Crippen LogP contribution in [0.25, 0.3) is 0 Å². The highest BCUT2D eigenvalue weighted by atomic mass is 16.4. The van der Waals surface area contributed by atoms with Crippen molar-refractivity contribution < 1.29 is 8.98 Å². The third-order valence-corrected chi connectivity index (χ3v) is 1.56. The minimum Gasteiger partial charge on any atom is -0.358 e. The van der Waals surface area contributed by atoms with Crippen LogP contribution in [0.3, 0.4) is 0 Å². The van der Waals surface area contributed by atoms with Gasteiger partial charge in [-0.05, 0) is 0 Å². The van der Waals surface area contributed by atoms with Crippen molar-refractivity contribution in [1.29, 1.82) is 0 Å². The van der Waals surface area contributed by atoms with E-state index in [1.165, 1.54) is 11.6 Å². The van der Waals surface area contributed by atoms with Crippen molar-refractivity contribution in [2.24, 2.45) is 14.1 Å². The molecule has 0 saturated heterocycles. The number of rotatable bonds is 0. The third kappa shape index (κ3) is 1.09. The van der Waals surface area contributed by atoms with E-state index in [-0.39, 0.29) is 5.69 Å². The van der Waals surface area contributed by atoms with Gasteiger partial charge in [0.2, 0.25) is 0 Å². The van der Waals surface area contributed by atoms with Crippen LogP contribution in [0.5, 0.6) is 0 Å². The molecule has 1 aromatic heterocycles. The number of hydrogen-bond donors (Lipinski definition) is 0. The van der Waals surface area contributed by atoms with E-state index in [2.05, 4.69) is 4.42 Å². The summed E-state index contributed by atoms with van der Waals surface area (Å²) in [6.45, 7) is 1.56. The maximum atomic E-state index is 11.1. The second-order valence-electron chi connectivity index (χ2n) is 2.29. The van der Waals surface area contributed by atoms with E-state index in [0.717, 1.165) is 4.57 Å². The zero-order valence-electron chi connectivity index (χ0n) is 6.62. The summed E-state index contributed by atoms with van der Waals surface area (Å²) < 4.78 is 6.86. The van der Waals surface area contributed by atoms with Gasteiger partial charge in [0.25, 0.3) is 5.89 Å². The molecule has 0 saturated carbocycles. The van der Waals surface area contributed by atoms with Crippen molar-refractivity contribution in [2.45, 2.75) is 6.92 Å². The van der Waals surface area contributed by atoms with Crippen molar-refractivity contribution in [3.63, 3.8) is 0 Å². The van der Waals surface area contributed by atoms with Gasteiger partial charge in [-0.3, -0.25) is 0 Å². The predicted octanol–water partition coefficient (Wildman–Crippen LogP) is -1.53. The molecule has 60 valence electrons. The van der Waals surface area contributed by atoms with Gasteiger partial charge in [0.05, 0.1) is 14.1 Å². The maximum absolute atomic E-state index is 11.1. The van der Waals surface area contributed by atoms with E-state index in [1.54, 1.807) is 14.0 Å². The molecule has 0 fully saturated rings. The van der Waals surface area contributed by atoms with E-state index in [9.17, 15) is 9.59 Å². The second-order valence-corrected chi connectivity index (χ2v) is 2.29. The second kappa shape index (κ2) is 2.34. The van der Waals surface area contributed by atoms with Gasteiger partial charge in [-0.25, -0.2) is 0 Å². The number of hydrogen-bond acceptors (Lipinski definition) is 3. The predicted molar refractivity (Wildman–Crippen MR) is 36.1 cm³/mol. The Bertz CT molecular complexity index is 388. The highest BCUT2D eigenvalue weighted by Crippen LogP contribution is 1.73. The summed E-state index contributed by atoms with van der Waals surface area (Å²) >= 11 is 0. The first kappa shape index (κ1) is 7.71. The molecule has 1 rings (SSSR count). The average molecular weight is 157 g/mol. The molecule has 0 radical (unpaired) electrons. The molecular formula is C6H9N2O3+. The Morgan fingerprint density at radius 2 is 2.00 bits per heavy atom. The summed E-state index contributed by atoms with van der Waals surface area (Å²) in [6, 6.07) is 0. The molecule has 0 aliphatic carbocycles. The first-order valence-electron chi connectivity index (χ1n) is 3.11. The first-order valence-corrected chi connectivity index (χ1v) is 3.11. The summed E-state index contributed by atoms with van der Waals surface area (Å²) in [5.74, 6) is -0.330. The lowest BCUT2D eigenvalue weighted by atomic mass is 10.7. The Hall–Kier alpha value is -1.39. The van der Waals surface area contributed by atoms with Gasteiger partial charge in [-0.1, -0.05) is 0 Å². The number of aromatic nitrogens is 2. The summed E-state index contributed by atoms with van der Waals surface area (Å²) in [5.41, 5.74) is -0.376. The molecule has 5 heteroatoms. The Morgan fingerprint density at radius 3 is 2.55 bits per heavy atom. The standard InChI is InChI=1S/C6H9N2O3/c1-4-7(2)5(9)8(3)6(10)11-4/h1-3H3/q+1. The van der Waals surface area contributed by atoms with Crippen molar-refractivity contribution in [3.05, 3.63) is 26.9 Å². The fraction of sp³-hybridized carbons (Fsp3) is 0.500.